The molecular formula is C23H16FN3O5S. The Kier molecular flexibility index (Phi) is 4.75. The Bertz CT molecular complexity index is 1700. The van der Waals surface area contributed by atoms with Gasteiger partial charge in [0.15, 0.2) is 11.3 Å². The maximum Gasteiger partial charge on any atom is 0.354 e. The molecule has 10 heteroatoms. The van der Waals surface area contributed by atoms with Gasteiger partial charge in [-0.1, -0.05) is 23.9 Å². The summed E-state index contributed by atoms with van der Waals surface area (Å²) in [5.41, 5.74) is -0.507. The third kappa shape index (κ3) is 3.26. The first-order chi connectivity index (χ1) is 15.8. The first kappa shape index (κ1) is 20.8. The Morgan fingerprint density at radius 2 is 1.82 bits per heavy atom. The van der Waals surface area contributed by atoms with E-state index in [2.05, 4.69) is 5.10 Å². The number of aromatic nitrogens is 3. The average Bonchev–Trinajstić information content (AvgIpc) is 3.05. The summed E-state index contributed by atoms with van der Waals surface area (Å²) >= 11 is 0.792. The Morgan fingerprint density at radius 3 is 2.55 bits per heavy atom. The molecule has 0 aliphatic rings. The topological polar surface area (TPSA) is 110 Å². The Balaban J connectivity index is 1.91. The van der Waals surface area contributed by atoms with Crippen molar-refractivity contribution >= 4 is 33.8 Å². The van der Waals surface area contributed by atoms with Crippen LogP contribution in [0.2, 0.25) is 0 Å². The van der Waals surface area contributed by atoms with Gasteiger partial charge >= 0.3 is 5.63 Å². The van der Waals surface area contributed by atoms with Crippen LogP contribution in [0.1, 0.15) is 5.69 Å². The number of rotatable bonds is 3. The van der Waals surface area contributed by atoms with Crippen LogP contribution in [-0.4, -0.2) is 24.6 Å². The van der Waals surface area contributed by atoms with E-state index in [-0.39, 0.29) is 21.6 Å². The fraction of sp³-hybridized carbons (Fsp3) is 0.0870. The number of nitrogens with zero attached hydrogens (tertiary/aromatic N) is 3. The van der Waals surface area contributed by atoms with E-state index in [9.17, 15) is 24.2 Å². The summed E-state index contributed by atoms with van der Waals surface area (Å²) in [5.74, 6) is -1.14. The first-order valence-corrected chi connectivity index (χ1v) is 10.6. The number of phenols is 1. The summed E-state index contributed by atoms with van der Waals surface area (Å²) in [5, 5.41) is 25.5. The highest BCUT2D eigenvalue weighted by Gasteiger charge is 2.26. The van der Waals surface area contributed by atoms with Crippen molar-refractivity contribution in [3.63, 3.8) is 0 Å². The van der Waals surface area contributed by atoms with E-state index in [1.165, 1.54) is 39.6 Å². The van der Waals surface area contributed by atoms with Crippen molar-refractivity contribution in [2.24, 2.45) is 7.05 Å². The number of fused-ring (bicyclic) bond motifs is 3. The molecule has 0 amide bonds. The molecule has 0 radical (unpaired) electrons. The van der Waals surface area contributed by atoms with Crippen LogP contribution in [0.4, 0.5) is 4.39 Å². The number of hydrogen-bond acceptors (Lipinski definition) is 7. The van der Waals surface area contributed by atoms with Crippen molar-refractivity contribution in [3.8, 4) is 17.2 Å². The van der Waals surface area contributed by atoms with Crippen LogP contribution < -0.4 is 11.2 Å². The van der Waals surface area contributed by atoms with Gasteiger partial charge in [0.2, 0.25) is 0 Å². The molecule has 0 aliphatic heterocycles. The summed E-state index contributed by atoms with van der Waals surface area (Å²) in [6, 6.07) is 11.5. The lowest BCUT2D eigenvalue weighted by molar-refractivity contribution is 0.447. The van der Waals surface area contributed by atoms with E-state index in [1.54, 1.807) is 32.2 Å². The van der Waals surface area contributed by atoms with Crippen molar-refractivity contribution in [1.29, 1.82) is 0 Å². The van der Waals surface area contributed by atoms with Crippen LogP contribution in [0.5, 0.6) is 11.5 Å². The molecule has 0 aliphatic carbocycles. The SMILES string of the molecule is Cc1nn(C)c2c1c1oc(=O)c(Sc3cccc(F)c3)c(O)c1c(=O)n2-c1cccc(O)c1. The maximum absolute atomic E-state index is 13.7. The van der Waals surface area contributed by atoms with Crippen molar-refractivity contribution in [2.75, 3.05) is 0 Å². The lowest BCUT2D eigenvalue weighted by Crippen LogP contribution is -2.22. The van der Waals surface area contributed by atoms with Gasteiger partial charge in [-0.2, -0.15) is 5.10 Å². The fourth-order valence-electron chi connectivity index (χ4n) is 3.87. The number of hydrogen-bond donors (Lipinski definition) is 2. The number of benzene rings is 2. The molecule has 0 bridgehead atoms. The zero-order chi connectivity index (χ0) is 23.4. The second kappa shape index (κ2) is 7.52. The van der Waals surface area contributed by atoms with Crippen LogP contribution >= 0.6 is 11.8 Å². The molecule has 8 nitrogen and oxygen atoms in total. The summed E-state index contributed by atoms with van der Waals surface area (Å²) in [6.07, 6.45) is 0. The van der Waals surface area contributed by atoms with Gasteiger partial charge in [-0.25, -0.2) is 9.18 Å². The van der Waals surface area contributed by atoms with Gasteiger partial charge in [0.1, 0.15) is 27.5 Å². The summed E-state index contributed by atoms with van der Waals surface area (Å²) in [4.78, 5) is 26.6. The molecule has 0 saturated heterocycles. The average molecular weight is 465 g/mol. The van der Waals surface area contributed by atoms with Crippen LogP contribution in [-0.2, 0) is 7.05 Å². The smallest absolute Gasteiger partial charge is 0.354 e. The van der Waals surface area contributed by atoms with Gasteiger partial charge in [-0.05, 0) is 37.3 Å². The van der Waals surface area contributed by atoms with E-state index in [1.807, 2.05) is 0 Å². The van der Waals surface area contributed by atoms with E-state index < -0.39 is 22.8 Å². The van der Waals surface area contributed by atoms with Gasteiger partial charge in [0, 0.05) is 18.0 Å². The van der Waals surface area contributed by atoms with Crippen LogP contribution in [0.25, 0.3) is 27.7 Å². The molecule has 0 atom stereocenters. The summed E-state index contributed by atoms with van der Waals surface area (Å²) < 4.78 is 21.9. The van der Waals surface area contributed by atoms with E-state index >= 15 is 0 Å². The summed E-state index contributed by atoms with van der Waals surface area (Å²) in [6.45, 7) is 1.69. The van der Waals surface area contributed by atoms with E-state index in [4.69, 9.17) is 4.42 Å². The van der Waals surface area contributed by atoms with Crippen molar-refractivity contribution in [3.05, 3.63) is 80.8 Å². The molecule has 0 unspecified atom stereocenters. The standard InChI is InChI=1S/C23H16FN3O5S/c1-11-16-19-17(18(29)20(23(31)32-19)33-15-8-3-5-12(24)9-15)22(30)27(21(16)26(2)25-11)13-6-4-7-14(28)10-13/h3-10,28-29H,1-2H3. The largest absolute Gasteiger partial charge is 0.508 e. The lowest BCUT2D eigenvalue weighted by Gasteiger charge is -2.13. The van der Waals surface area contributed by atoms with Crippen LogP contribution in [0, 0.1) is 12.7 Å². The molecule has 0 fully saturated rings. The van der Waals surface area contributed by atoms with E-state index in [0.29, 0.717) is 27.3 Å². The lowest BCUT2D eigenvalue weighted by atomic mass is 10.1. The maximum atomic E-state index is 13.7. The van der Waals surface area contributed by atoms with Gasteiger partial charge in [-0.15, -0.1) is 0 Å². The van der Waals surface area contributed by atoms with Gasteiger partial charge < -0.3 is 14.6 Å². The van der Waals surface area contributed by atoms with E-state index in [0.717, 1.165) is 11.8 Å². The minimum absolute atomic E-state index is 0.0577. The first-order valence-electron chi connectivity index (χ1n) is 9.77. The number of aromatic hydroxyl groups is 2. The Morgan fingerprint density at radius 1 is 1.06 bits per heavy atom. The molecule has 2 N–H and O–H groups in total. The molecule has 33 heavy (non-hydrogen) atoms. The molecule has 5 aromatic rings. The zero-order valence-electron chi connectivity index (χ0n) is 17.4. The van der Waals surface area contributed by atoms with Crippen molar-refractivity contribution in [2.45, 2.75) is 16.7 Å². The fourth-order valence-corrected chi connectivity index (χ4v) is 4.75. The molecule has 0 saturated carbocycles. The highest BCUT2D eigenvalue weighted by atomic mass is 32.2. The second-order valence-electron chi connectivity index (χ2n) is 7.40. The second-order valence-corrected chi connectivity index (χ2v) is 8.48. The number of halogens is 1. The molecule has 2 aromatic carbocycles. The van der Waals surface area contributed by atoms with Crippen molar-refractivity contribution in [1.82, 2.24) is 14.3 Å². The number of phenolic OH excluding ortho intramolecular Hbond substituents is 1. The Hall–Kier alpha value is -4.05. The predicted molar refractivity (Wildman–Crippen MR) is 121 cm³/mol. The van der Waals surface area contributed by atoms with Gasteiger partial charge in [-0.3, -0.25) is 14.0 Å². The highest BCUT2D eigenvalue weighted by Crippen LogP contribution is 2.38. The molecule has 0 spiro atoms. The number of aryl methyl sites for hydroxylation is 2. The monoisotopic (exact) mass is 465 g/mol. The highest BCUT2D eigenvalue weighted by molar-refractivity contribution is 7.99. The molecule has 3 aromatic heterocycles. The zero-order valence-corrected chi connectivity index (χ0v) is 18.2. The third-order valence-electron chi connectivity index (χ3n) is 5.21. The van der Waals surface area contributed by atoms with Crippen LogP contribution in [0.15, 0.2) is 72.3 Å². The Labute approximate surface area is 189 Å². The van der Waals surface area contributed by atoms with Crippen molar-refractivity contribution < 1.29 is 19.0 Å². The quantitative estimate of drug-likeness (QED) is 0.417. The molecule has 3 heterocycles. The van der Waals surface area contributed by atoms with Crippen LogP contribution in [0.3, 0.4) is 0 Å². The minimum atomic E-state index is -0.867. The number of pyridine rings is 1. The van der Waals surface area contributed by atoms with Gasteiger partial charge in [0.05, 0.1) is 16.8 Å². The molecular weight excluding hydrogens is 449 g/mol. The van der Waals surface area contributed by atoms with Gasteiger partial charge in [0.25, 0.3) is 5.56 Å². The molecule has 166 valence electrons. The minimum Gasteiger partial charge on any atom is -0.508 e. The predicted octanol–water partition coefficient (Wildman–Crippen LogP) is 3.84. The normalized spacial score (nSPS) is 11.5. The summed E-state index contributed by atoms with van der Waals surface area (Å²) in [7, 11) is 1.63. The molecule has 5 rings (SSSR count). The third-order valence-corrected chi connectivity index (χ3v) is 6.26.